The van der Waals surface area contributed by atoms with Crippen LogP contribution in [0.2, 0.25) is 0 Å². The second-order valence-corrected chi connectivity index (χ2v) is 10.3. The van der Waals surface area contributed by atoms with Crippen molar-refractivity contribution in [2.75, 3.05) is 29.5 Å². The Morgan fingerprint density at radius 2 is 2.07 bits per heavy atom. The molecule has 1 aliphatic carbocycles. The van der Waals surface area contributed by atoms with Crippen LogP contribution < -0.4 is 9.62 Å². The van der Waals surface area contributed by atoms with Crippen LogP contribution >= 0.6 is 27.3 Å². The molecule has 0 unspecified atom stereocenters. The SMILES string of the molecule is COC(=O)c1c(NC(=O)CN(c2cccc(Br)c2)S(C)(=O)=O)sc2c1CCC2. The Bertz CT molecular complexity index is 1030. The van der Waals surface area contributed by atoms with Crippen LogP contribution in [0.1, 0.15) is 27.2 Å². The van der Waals surface area contributed by atoms with Crippen LogP contribution in [0.25, 0.3) is 0 Å². The van der Waals surface area contributed by atoms with E-state index in [0.717, 1.165) is 40.3 Å². The minimum absolute atomic E-state index is 0.369. The van der Waals surface area contributed by atoms with E-state index in [2.05, 4.69) is 21.2 Å². The fourth-order valence-electron chi connectivity index (χ4n) is 3.14. The largest absolute Gasteiger partial charge is 0.465 e. The molecule has 150 valence electrons. The van der Waals surface area contributed by atoms with Crippen LogP contribution in [0.15, 0.2) is 28.7 Å². The Kier molecular flexibility index (Phi) is 6.11. The molecule has 0 fully saturated rings. The van der Waals surface area contributed by atoms with E-state index in [-0.39, 0.29) is 0 Å². The molecule has 0 atom stereocenters. The van der Waals surface area contributed by atoms with Gasteiger partial charge >= 0.3 is 5.97 Å². The van der Waals surface area contributed by atoms with E-state index in [1.807, 2.05) is 0 Å². The number of carbonyl (C=O) groups excluding carboxylic acids is 2. The molecule has 0 spiro atoms. The van der Waals surface area contributed by atoms with Gasteiger partial charge in [0.2, 0.25) is 15.9 Å². The minimum Gasteiger partial charge on any atom is -0.465 e. The molecule has 0 aliphatic heterocycles. The Balaban J connectivity index is 1.86. The van der Waals surface area contributed by atoms with Gasteiger partial charge in [0.1, 0.15) is 11.5 Å². The molecule has 7 nitrogen and oxygen atoms in total. The van der Waals surface area contributed by atoms with Crippen LogP contribution in [0.5, 0.6) is 0 Å². The lowest BCUT2D eigenvalue weighted by atomic mass is 10.1. The van der Waals surface area contributed by atoms with Gasteiger partial charge in [0.05, 0.1) is 24.6 Å². The van der Waals surface area contributed by atoms with Crippen LogP contribution in [-0.4, -0.2) is 40.2 Å². The highest BCUT2D eigenvalue weighted by molar-refractivity contribution is 9.10. The summed E-state index contributed by atoms with van der Waals surface area (Å²) in [6.45, 7) is -0.404. The summed E-state index contributed by atoms with van der Waals surface area (Å²) in [5.41, 5.74) is 1.66. The maximum atomic E-state index is 12.6. The highest BCUT2D eigenvalue weighted by Gasteiger charge is 2.29. The lowest BCUT2D eigenvalue weighted by Gasteiger charge is -2.22. The highest BCUT2D eigenvalue weighted by Crippen LogP contribution is 2.39. The van der Waals surface area contributed by atoms with Gasteiger partial charge in [-0.2, -0.15) is 0 Å². The van der Waals surface area contributed by atoms with E-state index >= 15 is 0 Å². The average Bonchev–Trinajstić information content (AvgIpc) is 3.18. The Hall–Kier alpha value is -1.91. The van der Waals surface area contributed by atoms with Crippen molar-refractivity contribution in [2.24, 2.45) is 0 Å². The number of ether oxygens (including phenoxy) is 1. The quantitative estimate of drug-likeness (QED) is 0.632. The summed E-state index contributed by atoms with van der Waals surface area (Å²) in [5, 5.41) is 3.11. The van der Waals surface area contributed by atoms with Crippen molar-refractivity contribution in [3.63, 3.8) is 0 Å². The van der Waals surface area contributed by atoms with Gasteiger partial charge in [0.15, 0.2) is 0 Å². The summed E-state index contributed by atoms with van der Waals surface area (Å²) in [6.07, 6.45) is 3.62. The smallest absolute Gasteiger partial charge is 0.341 e. The summed E-state index contributed by atoms with van der Waals surface area (Å²) in [6, 6.07) is 6.68. The fraction of sp³-hybridized carbons (Fsp3) is 0.333. The second-order valence-electron chi connectivity index (χ2n) is 6.35. The van der Waals surface area contributed by atoms with Gasteiger partial charge in [-0.05, 0) is 43.0 Å². The number of carbonyl (C=O) groups is 2. The van der Waals surface area contributed by atoms with Crippen molar-refractivity contribution in [3.8, 4) is 0 Å². The maximum absolute atomic E-state index is 12.6. The van der Waals surface area contributed by atoms with Crippen LogP contribution in [0, 0.1) is 0 Å². The zero-order chi connectivity index (χ0) is 20.5. The molecular weight excluding hydrogens is 468 g/mol. The number of nitrogens with one attached hydrogen (secondary N) is 1. The third kappa shape index (κ3) is 4.39. The molecule has 10 heteroatoms. The number of hydrogen-bond donors (Lipinski definition) is 1. The number of sulfonamides is 1. The first-order chi connectivity index (χ1) is 13.2. The van der Waals surface area contributed by atoms with Crippen molar-refractivity contribution in [1.82, 2.24) is 0 Å². The van der Waals surface area contributed by atoms with Crippen molar-refractivity contribution in [2.45, 2.75) is 19.3 Å². The first kappa shape index (κ1) is 20.8. The van der Waals surface area contributed by atoms with E-state index in [1.165, 1.54) is 18.4 Å². The van der Waals surface area contributed by atoms with Crippen molar-refractivity contribution >= 4 is 59.9 Å². The molecule has 1 amide bonds. The van der Waals surface area contributed by atoms with E-state index in [0.29, 0.717) is 20.7 Å². The lowest BCUT2D eigenvalue weighted by molar-refractivity contribution is -0.114. The predicted molar refractivity (Wildman–Crippen MR) is 113 cm³/mol. The number of halogens is 1. The standard InChI is InChI=1S/C18H19BrN2O5S2/c1-26-18(23)16-13-7-4-8-14(13)27-17(16)20-15(22)10-21(28(2,24)25)12-6-3-5-11(19)9-12/h3,5-6,9H,4,7-8,10H2,1-2H3,(H,20,22). The monoisotopic (exact) mass is 486 g/mol. The Morgan fingerprint density at radius 1 is 1.32 bits per heavy atom. The molecule has 0 bridgehead atoms. The Morgan fingerprint density at radius 3 is 2.71 bits per heavy atom. The number of benzene rings is 1. The van der Waals surface area contributed by atoms with E-state index in [4.69, 9.17) is 4.74 Å². The molecule has 0 saturated carbocycles. The van der Waals surface area contributed by atoms with E-state index < -0.39 is 28.4 Å². The van der Waals surface area contributed by atoms with Gasteiger partial charge in [-0.25, -0.2) is 13.2 Å². The summed E-state index contributed by atoms with van der Waals surface area (Å²) in [7, 11) is -2.39. The molecule has 2 aromatic rings. The van der Waals surface area contributed by atoms with Crippen molar-refractivity contribution < 1.29 is 22.7 Å². The first-order valence-corrected chi connectivity index (χ1v) is 11.9. The third-order valence-corrected chi connectivity index (χ3v) is 7.19. The molecule has 1 heterocycles. The number of thiophene rings is 1. The highest BCUT2D eigenvalue weighted by atomic mass is 79.9. The number of methoxy groups -OCH3 is 1. The predicted octanol–water partition coefficient (Wildman–Crippen LogP) is 3.19. The molecule has 1 N–H and O–H groups in total. The summed E-state index contributed by atoms with van der Waals surface area (Å²) in [4.78, 5) is 25.9. The maximum Gasteiger partial charge on any atom is 0.341 e. The van der Waals surface area contributed by atoms with Crippen molar-refractivity contribution in [3.05, 3.63) is 44.7 Å². The zero-order valence-corrected chi connectivity index (χ0v) is 18.5. The number of anilines is 2. The second kappa shape index (κ2) is 8.22. The zero-order valence-electron chi connectivity index (χ0n) is 15.3. The number of rotatable bonds is 6. The summed E-state index contributed by atoms with van der Waals surface area (Å²) >= 11 is 4.65. The van der Waals surface area contributed by atoms with E-state index in [1.54, 1.807) is 24.3 Å². The molecule has 1 aromatic carbocycles. The molecule has 1 aromatic heterocycles. The molecule has 0 saturated heterocycles. The van der Waals surface area contributed by atoms with Gasteiger partial charge in [-0.3, -0.25) is 9.10 Å². The van der Waals surface area contributed by atoms with Gasteiger partial charge in [0.25, 0.3) is 0 Å². The number of fused-ring (bicyclic) bond motifs is 1. The first-order valence-electron chi connectivity index (χ1n) is 8.46. The molecule has 0 radical (unpaired) electrons. The van der Waals surface area contributed by atoms with Gasteiger partial charge < -0.3 is 10.1 Å². The van der Waals surface area contributed by atoms with Crippen molar-refractivity contribution in [1.29, 1.82) is 0 Å². The number of amides is 1. The minimum atomic E-state index is -3.69. The molecule has 1 aliphatic rings. The van der Waals surface area contributed by atoms with Gasteiger partial charge in [-0.1, -0.05) is 22.0 Å². The topological polar surface area (TPSA) is 92.8 Å². The summed E-state index contributed by atoms with van der Waals surface area (Å²) < 4.78 is 31.0. The van der Waals surface area contributed by atoms with Crippen LogP contribution in [-0.2, 0) is 32.4 Å². The third-order valence-electron chi connectivity index (χ3n) is 4.35. The van der Waals surface area contributed by atoms with E-state index in [9.17, 15) is 18.0 Å². The normalized spacial score (nSPS) is 13.1. The number of esters is 1. The number of aryl methyl sites for hydroxylation is 1. The summed E-state index contributed by atoms with van der Waals surface area (Å²) in [5.74, 6) is -1.03. The molecular formula is C18H19BrN2O5S2. The van der Waals surface area contributed by atoms with Gasteiger partial charge in [-0.15, -0.1) is 11.3 Å². The average molecular weight is 487 g/mol. The number of hydrogen-bond acceptors (Lipinski definition) is 6. The lowest BCUT2D eigenvalue weighted by Crippen LogP contribution is -2.37. The molecule has 3 rings (SSSR count). The number of nitrogens with zero attached hydrogens (tertiary/aromatic N) is 1. The molecule has 28 heavy (non-hydrogen) atoms. The van der Waals surface area contributed by atoms with Crippen LogP contribution in [0.4, 0.5) is 10.7 Å². The fourth-order valence-corrected chi connectivity index (χ4v) is 5.67. The Labute approximate surface area is 175 Å². The van der Waals surface area contributed by atoms with Gasteiger partial charge in [0, 0.05) is 9.35 Å². The van der Waals surface area contributed by atoms with Crippen LogP contribution in [0.3, 0.4) is 0 Å².